The molecule has 1 aliphatic carbocycles. The van der Waals surface area contributed by atoms with Gasteiger partial charge in [0.1, 0.15) is 0 Å². The molecule has 0 N–H and O–H groups in total. The van der Waals surface area contributed by atoms with Crippen molar-refractivity contribution in [2.75, 3.05) is 31.1 Å². The molecule has 1 aromatic rings. The topological polar surface area (TPSA) is 36.4 Å². The van der Waals surface area contributed by atoms with Gasteiger partial charge in [0.05, 0.1) is 17.3 Å². The number of pyridine rings is 1. The summed E-state index contributed by atoms with van der Waals surface area (Å²) >= 11 is 0. The molecular formula is C18H23F2N3O. The number of rotatable bonds is 3. The molecule has 1 saturated carbocycles. The standard InChI is InChI=1S/C18H23F2N3O/c19-18(20)6-9-23(16(24)10-14-3-4-14)13-17(18)5-8-22(12-17)15-2-1-7-21-11-15/h1-2,7,11,14H,3-6,8-10,12-13H2. The molecule has 1 aromatic heterocycles. The highest BCUT2D eigenvalue weighted by atomic mass is 19.3. The maximum atomic E-state index is 14.8. The summed E-state index contributed by atoms with van der Waals surface area (Å²) in [4.78, 5) is 20.2. The number of hydrogen-bond acceptors (Lipinski definition) is 3. The van der Waals surface area contributed by atoms with Crippen LogP contribution in [0.4, 0.5) is 14.5 Å². The highest BCUT2D eigenvalue weighted by Gasteiger charge is 2.60. The summed E-state index contributed by atoms with van der Waals surface area (Å²) in [5.74, 6) is -2.17. The molecule has 3 fully saturated rings. The Balaban J connectivity index is 1.51. The average molecular weight is 335 g/mol. The van der Waals surface area contributed by atoms with E-state index in [-0.39, 0.29) is 25.4 Å². The Labute approximate surface area is 140 Å². The van der Waals surface area contributed by atoms with Crippen LogP contribution in [0.5, 0.6) is 0 Å². The fraction of sp³-hybridized carbons (Fsp3) is 0.667. The van der Waals surface area contributed by atoms with Crippen molar-refractivity contribution in [3.63, 3.8) is 0 Å². The minimum Gasteiger partial charge on any atom is -0.369 e. The lowest BCUT2D eigenvalue weighted by molar-refractivity contribution is -0.169. The molecular weight excluding hydrogens is 312 g/mol. The van der Waals surface area contributed by atoms with E-state index in [2.05, 4.69) is 4.98 Å². The van der Waals surface area contributed by atoms with Gasteiger partial charge in [-0.25, -0.2) is 8.78 Å². The molecule has 4 rings (SSSR count). The number of anilines is 1. The molecule has 1 unspecified atom stereocenters. The minimum absolute atomic E-state index is 0.0622. The lowest BCUT2D eigenvalue weighted by Crippen LogP contribution is -2.58. The number of carbonyl (C=O) groups is 1. The fourth-order valence-electron chi connectivity index (χ4n) is 4.07. The van der Waals surface area contributed by atoms with E-state index in [1.165, 1.54) is 0 Å². The van der Waals surface area contributed by atoms with Crippen molar-refractivity contribution < 1.29 is 13.6 Å². The summed E-state index contributed by atoms with van der Waals surface area (Å²) in [7, 11) is 0. The Morgan fingerprint density at radius 3 is 2.79 bits per heavy atom. The Bertz CT molecular complexity index is 620. The van der Waals surface area contributed by atoms with Gasteiger partial charge in [0.15, 0.2) is 0 Å². The lowest BCUT2D eigenvalue weighted by atomic mass is 9.75. The monoisotopic (exact) mass is 335 g/mol. The van der Waals surface area contributed by atoms with E-state index in [1.54, 1.807) is 17.3 Å². The zero-order chi connectivity index (χ0) is 16.8. The van der Waals surface area contributed by atoms with E-state index in [9.17, 15) is 13.6 Å². The first-order valence-electron chi connectivity index (χ1n) is 8.80. The van der Waals surface area contributed by atoms with Crippen LogP contribution in [0.15, 0.2) is 24.5 Å². The fourth-order valence-corrected chi connectivity index (χ4v) is 4.07. The molecule has 3 aliphatic rings. The second kappa shape index (κ2) is 5.67. The minimum atomic E-state index is -2.72. The van der Waals surface area contributed by atoms with Gasteiger partial charge in [-0.1, -0.05) is 0 Å². The van der Waals surface area contributed by atoms with Crippen LogP contribution in [0, 0.1) is 11.3 Å². The van der Waals surface area contributed by atoms with Gasteiger partial charge in [-0.2, -0.15) is 0 Å². The van der Waals surface area contributed by atoms with Gasteiger partial charge in [-0.05, 0) is 37.3 Å². The second-order valence-corrected chi connectivity index (χ2v) is 7.58. The van der Waals surface area contributed by atoms with Crippen molar-refractivity contribution >= 4 is 11.6 Å². The van der Waals surface area contributed by atoms with E-state index in [0.29, 0.717) is 31.8 Å². The van der Waals surface area contributed by atoms with Crippen molar-refractivity contribution in [1.82, 2.24) is 9.88 Å². The Morgan fingerprint density at radius 2 is 2.08 bits per heavy atom. The maximum absolute atomic E-state index is 14.8. The molecule has 0 bridgehead atoms. The van der Waals surface area contributed by atoms with Crippen molar-refractivity contribution in [3.8, 4) is 0 Å². The Morgan fingerprint density at radius 1 is 1.25 bits per heavy atom. The molecule has 2 saturated heterocycles. The van der Waals surface area contributed by atoms with Crippen LogP contribution in [0.1, 0.15) is 32.1 Å². The summed E-state index contributed by atoms with van der Waals surface area (Å²) in [6, 6.07) is 3.73. The average Bonchev–Trinajstić information content (AvgIpc) is 3.28. The molecule has 4 nitrogen and oxygen atoms in total. The number of nitrogens with zero attached hydrogens (tertiary/aromatic N) is 3. The SMILES string of the molecule is O=C(CC1CC1)N1CCC(F)(F)C2(CCN(c3cccnc3)C2)C1. The third kappa shape index (κ3) is 2.76. The summed E-state index contributed by atoms with van der Waals surface area (Å²) in [6.45, 7) is 1.25. The van der Waals surface area contributed by atoms with E-state index < -0.39 is 11.3 Å². The zero-order valence-electron chi connectivity index (χ0n) is 13.8. The van der Waals surface area contributed by atoms with E-state index in [1.807, 2.05) is 17.0 Å². The summed E-state index contributed by atoms with van der Waals surface area (Å²) < 4.78 is 29.6. The summed E-state index contributed by atoms with van der Waals surface area (Å²) in [5, 5.41) is 0. The Kier molecular flexibility index (Phi) is 3.73. The van der Waals surface area contributed by atoms with Gasteiger partial charge in [-0.15, -0.1) is 0 Å². The largest absolute Gasteiger partial charge is 0.369 e. The number of carbonyl (C=O) groups excluding carboxylic acids is 1. The van der Waals surface area contributed by atoms with Gasteiger partial charge >= 0.3 is 0 Å². The summed E-state index contributed by atoms with van der Waals surface area (Å²) in [5.41, 5.74) is -0.244. The molecule has 6 heteroatoms. The van der Waals surface area contributed by atoms with Crippen molar-refractivity contribution in [2.24, 2.45) is 11.3 Å². The number of piperidine rings is 1. The molecule has 0 radical (unpaired) electrons. The van der Waals surface area contributed by atoms with Crippen LogP contribution in [-0.2, 0) is 4.79 Å². The van der Waals surface area contributed by atoms with Gasteiger partial charge in [0.25, 0.3) is 5.92 Å². The smallest absolute Gasteiger partial charge is 0.258 e. The predicted octanol–water partition coefficient (Wildman–Crippen LogP) is 2.95. The van der Waals surface area contributed by atoms with Gasteiger partial charge in [-0.3, -0.25) is 9.78 Å². The number of halogens is 2. The second-order valence-electron chi connectivity index (χ2n) is 7.58. The van der Waals surface area contributed by atoms with E-state index in [4.69, 9.17) is 0 Å². The molecule has 130 valence electrons. The highest BCUT2D eigenvalue weighted by Crippen LogP contribution is 2.50. The lowest BCUT2D eigenvalue weighted by Gasteiger charge is -2.46. The van der Waals surface area contributed by atoms with E-state index >= 15 is 0 Å². The molecule has 0 aromatic carbocycles. The van der Waals surface area contributed by atoms with Crippen LogP contribution in [-0.4, -0.2) is 47.9 Å². The van der Waals surface area contributed by atoms with Crippen LogP contribution < -0.4 is 4.90 Å². The van der Waals surface area contributed by atoms with Crippen molar-refractivity contribution in [1.29, 1.82) is 0 Å². The zero-order valence-corrected chi connectivity index (χ0v) is 13.8. The predicted molar refractivity (Wildman–Crippen MR) is 87.0 cm³/mol. The van der Waals surface area contributed by atoms with Gasteiger partial charge in [0.2, 0.25) is 5.91 Å². The number of likely N-dealkylation sites (tertiary alicyclic amines) is 1. The molecule has 1 spiro atoms. The number of hydrogen-bond donors (Lipinski definition) is 0. The highest BCUT2D eigenvalue weighted by molar-refractivity contribution is 5.77. The number of aromatic nitrogens is 1. The van der Waals surface area contributed by atoms with E-state index in [0.717, 1.165) is 18.5 Å². The van der Waals surface area contributed by atoms with Crippen molar-refractivity contribution in [2.45, 2.75) is 38.0 Å². The van der Waals surface area contributed by atoms with Crippen LogP contribution >= 0.6 is 0 Å². The first kappa shape index (κ1) is 15.8. The molecule has 1 amide bonds. The molecule has 2 aliphatic heterocycles. The van der Waals surface area contributed by atoms with Gasteiger partial charge in [0, 0.05) is 45.2 Å². The normalized spacial score (nSPS) is 29.2. The first-order valence-corrected chi connectivity index (χ1v) is 8.80. The first-order chi connectivity index (χ1) is 11.5. The van der Waals surface area contributed by atoms with Crippen LogP contribution in [0.25, 0.3) is 0 Å². The third-order valence-corrected chi connectivity index (χ3v) is 5.84. The number of amides is 1. The van der Waals surface area contributed by atoms with Crippen molar-refractivity contribution in [3.05, 3.63) is 24.5 Å². The quantitative estimate of drug-likeness (QED) is 0.852. The maximum Gasteiger partial charge on any atom is 0.258 e. The number of alkyl halides is 2. The van der Waals surface area contributed by atoms with Crippen LogP contribution in [0.2, 0.25) is 0 Å². The van der Waals surface area contributed by atoms with Gasteiger partial charge < -0.3 is 9.80 Å². The molecule has 24 heavy (non-hydrogen) atoms. The molecule has 3 heterocycles. The third-order valence-electron chi connectivity index (χ3n) is 5.84. The summed E-state index contributed by atoms with van der Waals surface area (Å²) in [6.07, 6.45) is 6.35. The van der Waals surface area contributed by atoms with Crippen LogP contribution in [0.3, 0.4) is 0 Å². The Hall–Kier alpha value is -1.72. The molecule has 1 atom stereocenters.